The van der Waals surface area contributed by atoms with Crippen molar-refractivity contribution in [1.29, 1.82) is 0 Å². The number of ether oxygens (including phenoxy) is 1. The number of piperidine rings is 1. The van der Waals surface area contributed by atoms with Crippen molar-refractivity contribution in [2.45, 2.75) is 38.1 Å². The van der Waals surface area contributed by atoms with Crippen LogP contribution in [-0.2, 0) is 16.0 Å². The number of likely N-dealkylation sites (tertiary alicyclic amines) is 1. The van der Waals surface area contributed by atoms with E-state index >= 15 is 0 Å². The molecular weight excluding hydrogens is 364 g/mol. The van der Waals surface area contributed by atoms with Crippen LogP contribution in [-0.4, -0.2) is 43.0 Å². The highest BCUT2D eigenvalue weighted by Gasteiger charge is 2.39. The Morgan fingerprint density at radius 2 is 1.69 bits per heavy atom. The highest BCUT2D eigenvalue weighted by atomic mass is 16.5. The topological polar surface area (TPSA) is 49.9 Å². The van der Waals surface area contributed by atoms with E-state index in [0.29, 0.717) is 18.8 Å². The first-order chi connectivity index (χ1) is 14.2. The summed E-state index contributed by atoms with van der Waals surface area (Å²) in [5, 5.41) is 0. The molecule has 2 aromatic rings. The number of methoxy groups -OCH3 is 1. The summed E-state index contributed by atoms with van der Waals surface area (Å²) in [7, 11) is 1.61. The standard InChI is InChI=1S/C24H28N2O3/c1-29-21-9-7-20(8-10-21)26-22(11-12-23(26)27)24(28)25-15-13-19(14-16-25)17-18-5-3-2-4-6-18/h2-10,19,22H,11-17H2,1H3. The average molecular weight is 392 g/mol. The van der Waals surface area contributed by atoms with Crippen LogP contribution in [0, 0.1) is 5.92 Å². The molecule has 0 N–H and O–H groups in total. The van der Waals surface area contributed by atoms with Gasteiger partial charge in [-0.25, -0.2) is 0 Å². The minimum absolute atomic E-state index is 0.0208. The maximum Gasteiger partial charge on any atom is 0.245 e. The van der Waals surface area contributed by atoms with Crippen LogP contribution < -0.4 is 9.64 Å². The van der Waals surface area contributed by atoms with Crippen molar-refractivity contribution >= 4 is 17.5 Å². The van der Waals surface area contributed by atoms with Crippen LogP contribution in [0.1, 0.15) is 31.2 Å². The molecule has 1 atom stereocenters. The number of carbonyl (C=O) groups excluding carboxylic acids is 2. The summed E-state index contributed by atoms with van der Waals surface area (Å²) >= 11 is 0. The van der Waals surface area contributed by atoms with Gasteiger partial charge in [-0.1, -0.05) is 30.3 Å². The molecule has 0 aliphatic carbocycles. The smallest absolute Gasteiger partial charge is 0.245 e. The summed E-state index contributed by atoms with van der Waals surface area (Å²) < 4.78 is 5.20. The Morgan fingerprint density at radius 1 is 1.00 bits per heavy atom. The van der Waals surface area contributed by atoms with Gasteiger partial charge in [0.25, 0.3) is 0 Å². The Balaban J connectivity index is 1.39. The highest BCUT2D eigenvalue weighted by Crippen LogP contribution is 2.30. The molecule has 0 saturated carbocycles. The summed E-state index contributed by atoms with van der Waals surface area (Å²) in [5.41, 5.74) is 2.13. The average Bonchev–Trinajstić information content (AvgIpc) is 3.16. The summed E-state index contributed by atoms with van der Waals surface area (Å²) in [6, 6.07) is 17.5. The van der Waals surface area contributed by atoms with Gasteiger partial charge in [0.15, 0.2) is 0 Å². The van der Waals surface area contributed by atoms with E-state index in [1.807, 2.05) is 35.2 Å². The molecular formula is C24H28N2O3. The zero-order chi connectivity index (χ0) is 20.2. The van der Waals surface area contributed by atoms with Crippen LogP contribution in [0.4, 0.5) is 5.69 Å². The van der Waals surface area contributed by atoms with Gasteiger partial charge in [0.05, 0.1) is 7.11 Å². The third kappa shape index (κ3) is 4.29. The van der Waals surface area contributed by atoms with Gasteiger partial charge in [0.2, 0.25) is 11.8 Å². The SMILES string of the molecule is COc1ccc(N2C(=O)CCC2C(=O)N2CCC(Cc3ccccc3)CC2)cc1. The van der Waals surface area contributed by atoms with Crippen LogP contribution in [0.5, 0.6) is 5.75 Å². The van der Waals surface area contributed by atoms with E-state index < -0.39 is 0 Å². The molecule has 2 aliphatic rings. The minimum atomic E-state index is -0.387. The molecule has 0 radical (unpaired) electrons. The third-order valence-corrected chi connectivity index (χ3v) is 6.14. The Labute approximate surface area is 172 Å². The summed E-state index contributed by atoms with van der Waals surface area (Å²) in [6.07, 6.45) is 4.12. The van der Waals surface area contributed by atoms with Gasteiger partial charge in [0.1, 0.15) is 11.8 Å². The zero-order valence-electron chi connectivity index (χ0n) is 16.9. The number of carbonyl (C=O) groups is 2. The lowest BCUT2D eigenvalue weighted by atomic mass is 9.90. The molecule has 1 unspecified atom stereocenters. The van der Waals surface area contributed by atoms with Gasteiger partial charge in [-0.15, -0.1) is 0 Å². The van der Waals surface area contributed by atoms with E-state index in [0.717, 1.165) is 43.8 Å². The number of rotatable bonds is 5. The molecule has 5 heteroatoms. The second kappa shape index (κ2) is 8.68. The van der Waals surface area contributed by atoms with Crippen molar-refractivity contribution in [2.75, 3.05) is 25.1 Å². The molecule has 152 valence electrons. The predicted molar refractivity (Wildman–Crippen MR) is 113 cm³/mol. The number of hydrogen-bond acceptors (Lipinski definition) is 3. The molecule has 2 aliphatic heterocycles. The number of amides is 2. The number of nitrogens with zero attached hydrogens (tertiary/aromatic N) is 2. The first kappa shape index (κ1) is 19.5. The number of benzene rings is 2. The van der Waals surface area contributed by atoms with E-state index in [4.69, 9.17) is 4.74 Å². The summed E-state index contributed by atoms with van der Waals surface area (Å²) in [4.78, 5) is 29.4. The minimum Gasteiger partial charge on any atom is -0.497 e. The second-order valence-electron chi connectivity index (χ2n) is 7.97. The zero-order valence-corrected chi connectivity index (χ0v) is 16.9. The first-order valence-electron chi connectivity index (χ1n) is 10.4. The lowest BCUT2D eigenvalue weighted by Crippen LogP contribution is -2.49. The van der Waals surface area contributed by atoms with E-state index in [-0.39, 0.29) is 17.9 Å². The molecule has 2 saturated heterocycles. The molecule has 4 rings (SSSR count). The van der Waals surface area contributed by atoms with Crippen LogP contribution >= 0.6 is 0 Å². The van der Waals surface area contributed by atoms with Crippen LogP contribution in [0.3, 0.4) is 0 Å². The third-order valence-electron chi connectivity index (χ3n) is 6.14. The normalized spacial score (nSPS) is 20.2. The Kier molecular flexibility index (Phi) is 5.84. The van der Waals surface area contributed by atoms with E-state index in [9.17, 15) is 9.59 Å². The summed E-state index contributed by atoms with van der Waals surface area (Å²) in [6.45, 7) is 1.55. The van der Waals surface area contributed by atoms with Crippen molar-refractivity contribution in [3.05, 3.63) is 60.2 Å². The fourth-order valence-corrected chi connectivity index (χ4v) is 4.50. The Hall–Kier alpha value is -2.82. The summed E-state index contributed by atoms with van der Waals surface area (Å²) in [5.74, 6) is 1.46. The van der Waals surface area contributed by atoms with Crippen molar-refractivity contribution in [3.63, 3.8) is 0 Å². The molecule has 2 fully saturated rings. The van der Waals surface area contributed by atoms with Gasteiger partial charge in [-0.3, -0.25) is 14.5 Å². The molecule has 2 aromatic carbocycles. The van der Waals surface area contributed by atoms with Gasteiger partial charge in [-0.05, 0) is 61.4 Å². The van der Waals surface area contributed by atoms with Crippen molar-refractivity contribution in [2.24, 2.45) is 5.92 Å². The molecule has 5 nitrogen and oxygen atoms in total. The second-order valence-corrected chi connectivity index (χ2v) is 7.97. The van der Waals surface area contributed by atoms with E-state index in [1.165, 1.54) is 5.56 Å². The predicted octanol–water partition coefficient (Wildman–Crippen LogP) is 3.67. The lowest BCUT2D eigenvalue weighted by Gasteiger charge is -2.35. The Morgan fingerprint density at radius 3 is 2.34 bits per heavy atom. The fourth-order valence-electron chi connectivity index (χ4n) is 4.50. The first-order valence-corrected chi connectivity index (χ1v) is 10.4. The van der Waals surface area contributed by atoms with Gasteiger partial charge in [0, 0.05) is 25.2 Å². The van der Waals surface area contributed by atoms with E-state index in [2.05, 4.69) is 24.3 Å². The lowest BCUT2D eigenvalue weighted by molar-refractivity contribution is -0.134. The molecule has 0 aromatic heterocycles. The molecule has 2 amide bonds. The number of hydrogen-bond donors (Lipinski definition) is 0. The maximum absolute atomic E-state index is 13.2. The van der Waals surface area contributed by atoms with Crippen molar-refractivity contribution in [1.82, 2.24) is 4.90 Å². The van der Waals surface area contributed by atoms with Crippen LogP contribution in [0.25, 0.3) is 0 Å². The quantitative estimate of drug-likeness (QED) is 0.780. The van der Waals surface area contributed by atoms with Gasteiger partial charge in [-0.2, -0.15) is 0 Å². The number of anilines is 1. The highest BCUT2D eigenvalue weighted by molar-refractivity contribution is 6.03. The van der Waals surface area contributed by atoms with E-state index in [1.54, 1.807) is 12.0 Å². The fraction of sp³-hybridized carbons (Fsp3) is 0.417. The maximum atomic E-state index is 13.2. The molecule has 0 spiro atoms. The molecule has 0 bridgehead atoms. The molecule has 29 heavy (non-hydrogen) atoms. The monoisotopic (exact) mass is 392 g/mol. The van der Waals surface area contributed by atoms with Crippen molar-refractivity contribution in [3.8, 4) is 5.75 Å². The van der Waals surface area contributed by atoms with Crippen LogP contribution in [0.2, 0.25) is 0 Å². The largest absolute Gasteiger partial charge is 0.497 e. The van der Waals surface area contributed by atoms with Crippen LogP contribution in [0.15, 0.2) is 54.6 Å². The van der Waals surface area contributed by atoms with Crippen molar-refractivity contribution < 1.29 is 14.3 Å². The molecule has 2 heterocycles. The Bertz CT molecular complexity index is 842. The van der Waals surface area contributed by atoms with Gasteiger partial charge >= 0.3 is 0 Å². The van der Waals surface area contributed by atoms with Gasteiger partial charge < -0.3 is 9.64 Å².